The Kier molecular flexibility index (Phi) is 5.11. The zero-order valence-electron chi connectivity index (χ0n) is 14.6. The van der Waals surface area contributed by atoms with E-state index in [1.54, 1.807) is 29.2 Å². The Morgan fingerprint density at radius 1 is 1.19 bits per heavy atom. The number of alkyl halides is 2. The summed E-state index contributed by atoms with van der Waals surface area (Å²) in [6.07, 6.45) is 1.80. The third kappa shape index (κ3) is 3.83. The van der Waals surface area contributed by atoms with E-state index in [1.165, 1.54) is 0 Å². The van der Waals surface area contributed by atoms with Gasteiger partial charge in [-0.15, -0.1) is 0 Å². The summed E-state index contributed by atoms with van der Waals surface area (Å²) in [7, 11) is 0. The minimum absolute atomic E-state index is 0.116. The number of likely N-dealkylation sites (tertiary alicyclic amines) is 1. The first-order valence-corrected chi connectivity index (χ1v) is 9.77. The van der Waals surface area contributed by atoms with Crippen LogP contribution < -0.4 is 0 Å². The van der Waals surface area contributed by atoms with Gasteiger partial charge in [0.05, 0.1) is 16.6 Å². The van der Waals surface area contributed by atoms with Crippen LogP contribution in [0.5, 0.6) is 0 Å². The highest BCUT2D eigenvalue weighted by Crippen LogP contribution is 2.31. The van der Waals surface area contributed by atoms with Gasteiger partial charge in [0.25, 0.3) is 11.7 Å². The second kappa shape index (κ2) is 7.68. The molecule has 0 bridgehead atoms. The predicted molar refractivity (Wildman–Crippen MR) is 102 cm³/mol. The Labute approximate surface area is 160 Å². The van der Waals surface area contributed by atoms with E-state index in [1.807, 2.05) is 24.3 Å². The number of hydrogen-bond acceptors (Lipinski definition) is 3. The van der Waals surface area contributed by atoms with Crippen LogP contribution in [0.15, 0.2) is 53.4 Å². The molecule has 1 unspecified atom stereocenters. The molecule has 0 spiro atoms. The normalized spacial score (nSPS) is 17.6. The molecule has 27 heavy (non-hydrogen) atoms. The van der Waals surface area contributed by atoms with Crippen LogP contribution in [0.3, 0.4) is 0 Å². The number of fused-ring (bicyclic) bond motifs is 1. The van der Waals surface area contributed by atoms with E-state index in [-0.39, 0.29) is 11.8 Å². The van der Waals surface area contributed by atoms with Crippen molar-refractivity contribution >= 4 is 28.7 Å². The maximum atomic E-state index is 13.0. The van der Waals surface area contributed by atoms with Crippen LogP contribution in [0.1, 0.15) is 34.9 Å². The van der Waals surface area contributed by atoms with Crippen LogP contribution in [-0.2, 0) is 0 Å². The van der Waals surface area contributed by atoms with Gasteiger partial charge in [-0.05, 0) is 37.1 Å². The summed E-state index contributed by atoms with van der Waals surface area (Å²) in [4.78, 5) is 23.1. The molecule has 1 atom stereocenters. The van der Waals surface area contributed by atoms with E-state index in [0.29, 0.717) is 35.3 Å². The van der Waals surface area contributed by atoms with Crippen LogP contribution in [0, 0.1) is 0 Å². The highest BCUT2D eigenvalue weighted by Gasteiger charge is 2.28. The number of imidazole rings is 1. The number of nitrogens with zero attached hydrogens (tertiary/aromatic N) is 2. The second-order valence-electron chi connectivity index (χ2n) is 6.60. The van der Waals surface area contributed by atoms with Gasteiger partial charge < -0.3 is 9.88 Å². The number of carbonyl (C=O) groups is 1. The minimum Gasteiger partial charge on any atom is -0.342 e. The Hall–Kier alpha value is -2.41. The van der Waals surface area contributed by atoms with Crippen molar-refractivity contribution in [1.82, 2.24) is 14.9 Å². The maximum absolute atomic E-state index is 13.0. The highest BCUT2D eigenvalue weighted by molar-refractivity contribution is 7.99. The van der Waals surface area contributed by atoms with E-state index < -0.39 is 5.76 Å². The lowest BCUT2D eigenvalue weighted by Gasteiger charge is -2.32. The van der Waals surface area contributed by atoms with Gasteiger partial charge in [-0.1, -0.05) is 36.0 Å². The summed E-state index contributed by atoms with van der Waals surface area (Å²) >= 11 is 0.418. The Balaban J connectivity index is 1.55. The molecule has 0 saturated carbocycles. The molecular formula is C20H19F2N3OS. The third-order valence-electron chi connectivity index (χ3n) is 4.84. The van der Waals surface area contributed by atoms with Crippen LogP contribution in [0.4, 0.5) is 8.78 Å². The van der Waals surface area contributed by atoms with E-state index in [4.69, 9.17) is 0 Å². The number of carbonyl (C=O) groups excluding carboxylic acids is 1. The lowest BCUT2D eigenvalue weighted by Crippen LogP contribution is -2.39. The number of aromatic nitrogens is 2. The number of para-hydroxylation sites is 2. The van der Waals surface area contributed by atoms with Crippen molar-refractivity contribution in [2.24, 2.45) is 0 Å². The average Bonchev–Trinajstić information content (AvgIpc) is 3.12. The minimum atomic E-state index is -2.55. The molecule has 1 fully saturated rings. The number of thioether (sulfide) groups is 1. The van der Waals surface area contributed by atoms with Crippen molar-refractivity contribution in [1.29, 1.82) is 0 Å². The van der Waals surface area contributed by atoms with Gasteiger partial charge >= 0.3 is 0 Å². The SMILES string of the molecule is O=C(c1ccccc1SC(F)F)N1CCCC(c2nc3ccccc3[nH]2)C1. The van der Waals surface area contributed by atoms with E-state index in [9.17, 15) is 13.6 Å². The van der Waals surface area contributed by atoms with Crippen LogP contribution in [0.2, 0.25) is 0 Å². The van der Waals surface area contributed by atoms with Crippen molar-refractivity contribution in [3.63, 3.8) is 0 Å². The molecule has 4 rings (SSSR count). The number of amides is 1. The first-order chi connectivity index (χ1) is 13.1. The van der Waals surface area contributed by atoms with E-state index in [2.05, 4.69) is 9.97 Å². The van der Waals surface area contributed by atoms with Crippen LogP contribution in [-0.4, -0.2) is 39.6 Å². The van der Waals surface area contributed by atoms with Crippen molar-refractivity contribution in [3.8, 4) is 0 Å². The van der Waals surface area contributed by atoms with Crippen LogP contribution in [0.25, 0.3) is 11.0 Å². The number of halogens is 2. The zero-order chi connectivity index (χ0) is 18.8. The number of hydrogen-bond donors (Lipinski definition) is 1. The molecule has 3 aromatic rings. The van der Waals surface area contributed by atoms with Gasteiger partial charge in [0.1, 0.15) is 5.82 Å². The fourth-order valence-corrected chi connectivity index (χ4v) is 4.19. The summed E-state index contributed by atoms with van der Waals surface area (Å²) in [5.74, 6) is -1.75. The molecule has 1 N–H and O–H groups in total. The number of aromatic amines is 1. The lowest BCUT2D eigenvalue weighted by molar-refractivity contribution is 0.0701. The summed E-state index contributed by atoms with van der Waals surface area (Å²) < 4.78 is 25.6. The Morgan fingerprint density at radius 2 is 1.96 bits per heavy atom. The van der Waals surface area contributed by atoms with Crippen molar-refractivity contribution in [3.05, 3.63) is 59.9 Å². The number of nitrogens with one attached hydrogen (secondary N) is 1. The van der Waals surface area contributed by atoms with Gasteiger partial charge in [-0.3, -0.25) is 4.79 Å². The molecule has 0 radical (unpaired) electrons. The predicted octanol–water partition coefficient (Wildman–Crippen LogP) is 4.90. The zero-order valence-corrected chi connectivity index (χ0v) is 15.4. The fraction of sp³-hybridized carbons (Fsp3) is 0.300. The van der Waals surface area contributed by atoms with Crippen molar-refractivity contribution < 1.29 is 13.6 Å². The summed E-state index contributed by atoms with van der Waals surface area (Å²) in [6.45, 7) is 1.16. The number of benzene rings is 2. The molecule has 1 aliphatic rings. The molecule has 1 saturated heterocycles. The quantitative estimate of drug-likeness (QED) is 0.648. The lowest BCUT2D eigenvalue weighted by atomic mass is 9.96. The molecule has 0 aliphatic carbocycles. The molecule has 7 heteroatoms. The number of rotatable bonds is 4. The monoisotopic (exact) mass is 387 g/mol. The first kappa shape index (κ1) is 18.0. The molecule has 2 aromatic carbocycles. The van der Waals surface area contributed by atoms with Gasteiger partial charge in [0, 0.05) is 23.9 Å². The van der Waals surface area contributed by atoms with Crippen molar-refractivity contribution in [2.45, 2.75) is 29.4 Å². The number of piperidine rings is 1. The Morgan fingerprint density at radius 3 is 2.78 bits per heavy atom. The topological polar surface area (TPSA) is 49.0 Å². The van der Waals surface area contributed by atoms with Gasteiger partial charge in [-0.2, -0.15) is 8.78 Å². The average molecular weight is 387 g/mol. The molecule has 140 valence electrons. The molecule has 4 nitrogen and oxygen atoms in total. The van der Waals surface area contributed by atoms with Gasteiger partial charge in [0.2, 0.25) is 0 Å². The molecular weight excluding hydrogens is 368 g/mol. The summed E-state index contributed by atoms with van der Waals surface area (Å²) in [5.41, 5.74) is 2.23. The molecule has 2 heterocycles. The van der Waals surface area contributed by atoms with E-state index in [0.717, 1.165) is 29.7 Å². The van der Waals surface area contributed by atoms with Crippen molar-refractivity contribution in [2.75, 3.05) is 13.1 Å². The van der Waals surface area contributed by atoms with Crippen LogP contribution >= 0.6 is 11.8 Å². The standard InChI is InChI=1S/C20H19F2N3OS/c21-20(22)27-17-10-4-1-7-14(17)19(26)25-11-5-6-13(12-25)18-23-15-8-2-3-9-16(15)24-18/h1-4,7-10,13,20H,5-6,11-12H2,(H,23,24). The fourth-order valence-electron chi connectivity index (χ4n) is 3.56. The molecule has 1 aromatic heterocycles. The van der Waals surface area contributed by atoms with Gasteiger partial charge in [-0.25, -0.2) is 4.98 Å². The highest BCUT2D eigenvalue weighted by atomic mass is 32.2. The summed E-state index contributed by atoms with van der Waals surface area (Å²) in [6, 6.07) is 14.4. The first-order valence-electron chi connectivity index (χ1n) is 8.89. The smallest absolute Gasteiger partial charge is 0.288 e. The summed E-state index contributed by atoms with van der Waals surface area (Å²) in [5, 5.41) is 0. The number of H-pyrrole nitrogens is 1. The van der Waals surface area contributed by atoms with Gasteiger partial charge in [0.15, 0.2) is 0 Å². The maximum Gasteiger partial charge on any atom is 0.288 e. The molecule has 1 aliphatic heterocycles. The Bertz CT molecular complexity index is 926. The van der Waals surface area contributed by atoms with E-state index >= 15 is 0 Å². The largest absolute Gasteiger partial charge is 0.342 e. The third-order valence-corrected chi connectivity index (χ3v) is 5.62. The second-order valence-corrected chi connectivity index (χ2v) is 7.64. The molecule has 1 amide bonds.